The lowest BCUT2D eigenvalue weighted by molar-refractivity contribution is -0.114. The second-order valence-electron chi connectivity index (χ2n) is 8.50. The molecule has 38 heavy (non-hydrogen) atoms. The molecule has 4 aromatic rings. The van der Waals surface area contributed by atoms with E-state index in [0.717, 1.165) is 9.87 Å². The van der Waals surface area contributed by atoms with E-state index in [-0.39, 0.29) is 28.1 Å². The summed E-state index contributed by atoms with van der Waals surface area (Å²) in [7, 11) is -4.10. The van der Waals surface area contributed by atoms with Gasteiger partial charge in [-0.25, -0.2) is 8.42 Å². The number of para-hydroxylation sites is 2. The Labute approximate surface area is 227 Å². The highest BCUT2D eigenvalue weighted by molar-refractivity contribution is 7.92. The third-order valence-corrected chi connectivity index (χ3v) is 7.87. The number of halogens is 1. The van der Waals surface area contributed by atoms with E-state index in [0.29, 0.717) is 10.7 Å². The van der Waals surface area contributed by atoms with Gasteiger partial charge < -0.3 is 10.6 Å². The van der Waals surface area contributed by atoms with Crippen LogP contribution in [0.25, 0.3) is 0 Å². The van der Waals surface area contributed by atoms with Gasteiger partial charge in [-0.2, -0.15) is 0 Å². The third-order valence-electron chi connectivity index (χ3n) is 5.83. The van der Waals surface area contributed by atoms with Crippen LogP contribution in [0.1, 0.15) is 28.9 Å². The van der Waals surface area contributed by atoms with Crippen molar-refractivity contribution in [3.05, 3.63) is 125 Å². The van der Waals surface area contributed by atoms with E-state index in [9.17, 15) is 18.0 Å². The van der Waals surface area contributed by atoms with Gasteiger partial charge in [0.15, 0.2) is 0 Å². The predicted molar refractivity (Wildman–Crippen MR) is 150 cm³/mol. The molecular weight excluding hydrogens is 522 g/mol. The van der Waals surface area contributed by atoms with Crippen molar-refractivity contribution in [3.8, 4) is 0 Å². The van der Waals surface area contributed by atoms with E-state index < -0.39 is 22.5 Å². The van der Waals surface area contributed by atoms with E-state index in [4.69, 9.17) is 11.6 Å². The number of rotatable bonds is 9. The van der Waals surface area contributed by atoms with E-state index in [1.165, 1.54) is 24.3 Å². The molecule has 1 atom stereocenters. The van der Waals surface area contributed by atoms with Crippen LogP contribution in [0.3, 0.4) is 0 Å². The van der Waals surface area contributed by atoms with E-state index >= 15 is 0 Å². The summed E-state index contributed by atoms with van der Waals surface area (Å²) in [6, 6.07) is 29.9. The van der Waals surface area contributed by atoms with Crippen molar-refractivity contribution in [2.45, 2.75) is 17.9 Å². The Morgan fingerprint density at radius 2 is 1.39 bits per heavy atom. The van der Waals surface area contributed by atoms with Crippen molar-refractivity contribution in [2.24, 2.45) is 0 Å². The van der Waals surface area contributed by atoms with Crippen molar-refractivity contribution >= 4 is 44.8 Å². The maximum atomic E-state index is 13.5. The van der Waals surface area contributed by atoms with Gasteiger partial charge in [-0.05, 0) is 61.0 Å². The monoisotopic (exact) mass is 547 g/mol. The number of sulfonamides is 1. The summed E-state index contributed by atoms with van der Waals surface area (Å²) in [5.41, 5.74) is 1.79. The maximum Gasteiger partial charge on any atom is 0.264 e. The molecule has 4 rings (SSSR count). The van der Waals surface area contributed by atoms with Crippen LogP contribution in [0, 0.1) is 0 Å². The zero-order valence-electron chi connectivity index (χ0n) is 20.5. The number of nitrogens with one attached hydrogen (secondary N) is 2. The second kappa shape index (κ2) is 11.9. The van der Waals surface area contributed by atoms with Gasteiger partial charge >= 0.3 is 0 Å². The number of benzene rings is 4. The van der Waals surface area contributed by atoms with Gasteiger partial charge in [0.2, 0.25) is 5.91 Å². The summed E-state index contributed by atoms with van der Waals surface area (Å²) < 4.78 is 28.0. The number of hydrogen-bond acceptors (Lipinski definition) is 4. The van der Waals surface area contributed by atoms with Crippen molar-refractivity contribution < 1.29 is 18.0 Å². The van der Waals surface area contributed by atoms with Crippen LogP contribution in [-0.4, -0.2) is 26.8 Å². The molecule has 0 aliphatic rings. The molecule has 0 saturated heterocycles. The first kappa shape index (κ1) is 26.9. The number of hydrogen-bond donors (Lipinski definition) is 2. The van der Waals surface area contributed by atoms with E-state index in [1.807, 2.05) is 37.3 Å². The van der Waals surface area contributed by atoms with Crippen LogP contribution in [0.4, 0.5) is 11.4 Å². The van der Waals surface area contributed by atoms with Crippen molar-refractivity contribution in [3.63, 3.8) is 0 Å². The fraction of sp³-hybridized carbons (Fsp3) is 0.103. The highest BCUT2D eigenvalue weighted by Gasteiger charge is 2.27. The Morgan fingerprint density at radius 3 is 2.05 bits per heavy atom. The van der Waals surface area contributed by atoms with Gasteiger partial charge in [0, 0.05) is 5.02 Å². The molecular formula is C29H26ClN3O4S. The summed E-state index contributed by atoms with van der Waals surface area (Å²) in [4.78, 5) is 26.2. The van der Waals surface area contributed by atoms with E-state index in [1.54, 1.807) is 54.6 Å². The Kier molecular flexibility index (Phi) is 8.45. The lowest BCUT2D eigenvalue weighted by Gasteiger charge is -2.24. The van der Waals surface area contributed by atoms with Crippen molar-refractivity contribution in [2.75, 3.05) is 16.2 Å². The molecule has 0 fully saturated rings. The lowest BCUT2D eigenvalue weighted by atomic mass is 10.1. The molecule has 0 heterocycles. The molecule has 2 N–H and O–H groups in total. The molecule has 0 saturated carbocycles. The fourth-order valence-corrected chi connectivity index (χ4v) is 5.40. The standard InChI is InChI=1S/C29H26ClN3O4S/c1-21(22-10-4-2-5-11-22)31-29(35)26-14-8-9-15-27(26)32-28(34)20-33(24-12-6-3-7-13-24)38(36,37)25-18-16-23(30)17-19-25/h2-19,21H,20H2,1H3,(H,31,35)(H,32,34)/t21-/m0/s1. The molecule has 0 aromatic heterocycles. The van der Waals surface area contributed by atoms with Crippen LogP contribution in [0.2, 0.25) is 5.02 Å². The van der Waals surface area contributed by atoms with Crippen LogP contribution >= 0.6 is 11.6 Å². The van der Waals surface area contributed by atoms with Crippen molar-refractivity contribution in [1.82, 2.24) is 5.32 Å². The van der Waals surface area contributed by atoms with Crippen LogP contribution in [0.5, 0.6) is 0 Å². The van der Waals surface area contributed by atoms with Gasteiger partial charge in [0.25, 0.3) is 15.9 Å². The van der Waals surface area contributed by atoms with Gasteiger partial charge in [-0.3, -0.25) is 13.9 Å². The molecule has 0 unspecified atom stereocenters. The molecule has 0 spiro atoms. The normalized spacial score (nSPS) is 11.8. The molecule has 7 nitrogen and oxygen atoms in total. The highest BCUT2D eigenvalue weighted by atomic mass is 35.5. The minimum Gasteiger partial charge on any atom is -0.345 e. The van der Waals surface area contributed by atoms with Crippen LogP contribution < -0.4 is 14.9 Å². The lowest BCUT2D eigenvalue weighted by Crippen LogP contribution is -2.38. The van der Waals surface area contributed by atoms with E-state index in [2.05, 4.69) is 10.6 Å². The zero-order valence-corrected chi connectivity index (χ0v) is 22.1. The Hall–Kier alpha value is -4.14. The molecule has 2 amide bonds. The minimum atomic E-state index is -4.10. The molecule has 0 radical (unpaired) electrons. The first-order valence-electron chi connectivity index (χ1n) is 11.8. The third kappa shape index (κ3) is 6.40. The van der Waals surface area contributed by atoms with Crippen LogP contribution in [-0.2, 0) is 14.8 Å². The van der Waals surface area contributed by atoms with Gasteiger partial charge in [0.05, 0.1) is 27.9 Å². The number of nitrogens with zero attached hydrogens (tertiary/aromatic N) is 1. The average Bonchev–Trinajstić information content (AvgIpc) is 2.93. The van der Waals surface area contributed by atoms with Gasteiger partial charge in [0.1, 0.15) is 6.54 Å². The topological polar surface area (TPSA) is 95.6 Å². The number of carbonyl (C=O) groups is 2. The first-order chi connectivity index (χ1) is 18.3. The fourth-order valence-electron chi connectivity index (χ4n) is 3.85. The second-order valence-corrected chi connectivity index (χ2v) is 10.8. The molecule has 0 aliphatic heterocycles. The minimum absolute atomic E-state index is 0.00627. The Morgan fingerprint density at radius 1 is 0.816 bits per heavy atom. The smallest absolute Gasteiger partial charge is 0.264 e. The maximum absolute atomic E-state index is 13.5. The average molecular weight is 548 g/mol. The van der Waals surface area contributed by atoms with Gasteiger partial charge in [-0.15, -0.1) is 0 Å². The van der Waals surface area contributed by atoms with Crippen LogP contribution in [0.15, 0.2) is 114 Å². The molecule has 0 bridgehead atoms. The predicted octanol–water partition coefficient (Wildman–Crippen LogP) is 5.67. The number of amides is 2. The van der Waals surface area contributed by atoms with Gasteiger partial charge in [-0.1, -0.05) is 72.3 Å². The molecule has 4 aromatic carbocycles. The molecule has 194 valence electrons. The summed E-state index contributed by atoms with van der Waals surface area (Å²) in [6.45, 7) is 1.36. The summed E-state index contributed by atoms with van der Waals surface area (Å²) in [6.07, 6.45) is 0. The quantitative estimate of drug-likeness (QED) is 0.282. The molecule has 0 aliphatic carbocycles. The highest BCUT2D eigenvalue weighted by Crippen LogP contribution is 2.25. The number of anilines is 2. The SMILES string of the molecule is C[C@H](NC(=O)c1ccccc1NC(=O)CN(c1ccccc1)S(=O)(=O)c1ccc(Cl)cc1)c1ccccc1. The Balaban J connectivity index is 1.56. The number of carbonyl (C=O) groups excluding carboxylic acids is 2. The Bertz CT molecular complexity index is 1510. The first-order valence-corrected chi connectivity index (χ1v) is 13.7. The molecule has 9 heteroatoms. The summed E-state index contributed by atoms with van der Waals surface area (Å²) >= 11 is 5.93. The summed E-state index contributed by atoms with van der Waals surface area (Å²) in [5.74, 6) is -0.978. The summed E-state index contributed by atoms with van der Waals surface area (Å²) in [5, 5.41) is 6.04. The van der Waals surface area contributed by atoms with Crippen molar-refractivity contribution in [1.29, 1.82) is 0 Å². The largest absolute Gasteiger partial charge is 0.345 e. The zero-order chi connectivity index (χ0) is 27.1.